The molecule has 1 saturated carbocycles. The van der Waals surface area contributed by atoms with Crippen LogP contribution in [0, 0.1) is 11.3 Å². The van der Waals surface area contributed by atoms with Crippen LogP contribution in [-0.2, 0) is 9.22 Å². The topological polar surface area (TPSA) is 26.3 Å². The second-order valence-electron chi connectivity index (χ2n) is 7.22. The highest BCUT2D eigenvalue weighted by molar-refractivity contribution is 6.48. The van der Waals surface area contributed by atoms with Crippen molar-refractivity contribution in [2.45, 2.75) is 84.9 Å². The van der Waals surface area contributed by atoms with Gasteiger partial charge in [0.25, 0.3) is 0 Å². The zero-order valence-corrected chi connectivity index (χ0v) is 14.4. The molecule has 19 heavy (non-hydrogen) atoms. The molecule has 0 N–H and O–H groups in total. The van der Waals surface area contributed by atoms with Crippen LogP contribution >= 0.6 is 0 Å². The average Bonchev–Trinajstić information content (AvgIpc) is 2.28. The fourth-order valence-corrected chi connectivity index (χ4v) is 3.80. The van der Waals surface area contributed by atoms with E-state index in [0.29, 0.717) is 11.2 Å². The third-order valence-corrected chi connectivity index (χ3v) is 4.96. The zero-order chi connectivity index (χ0) is 14.5. The lowest BCUT2D eigenvalue weighted by atomic mass is 9.74. The van der Waals surface area contributed by atoms with Gasteiger partial charge in [-0.2, -0.15) is 0 Å². The molecule has 1 fully saturated rings. The van der Waals surface area contributed by atoms with Crippen molar-refractivity contribution in [2.75, 3.05) is 0 Å². The second kappa shape index (κ2) is 7.58. The van der Waals surface area contributed by atoms with Crippen LogP contribution < -0.4 is 0 Å². The molecule has 1 radical (unpaired) electrons. The van der Waals surface area contributed by atoms with E-state index in [2.05, 4.69) is 33.9 Å². The van der Waals surface area contributed by atoms with Crippen molar-refractivity contribution in [2.24, 2.45) is 11.3 Å². The van der Waals surface area contributed by atoms with Gasteiger partial charge in [0, 0.05) is 6.42 Å². The predicted molar refractivity (Wildman–Crippen MR) is 82.6 cm³/mol. The number of Topliss-reactive ketones (excluding diaryl/α,β-unsaturated/α-hetero) is 1. The Labute approximate surface area is 121 Å². The molecule has 111 valence electrons. The van der Waals surface area contributed by atoms with Gasteiger partial charge in [0.15, 0.2) is 5.78 Å². The maximum atomic E-state index is 12.1. The van der Waals surface area contributed by atoms with E-state index in [-0.39, 0.29) is 6.10 Å². The zero-order valence-electron chi connectivity index (χ0n) is 13.4. The normalized spacial score (nSPS) is 27.6. The first-order valence-electron chi connectivity index (χ1n) is 7.80. The number of carbonyl (C=O) groups excluding carboxylic acids is 1. The molecule has 0 saturated heterocycles. The minimum Gasteiger partial charge on any atom is -0.407 e. The molecule has 2 unspecified atom stereocenters. The fourth-order valence-electron chi connectivity index (χ4n) is 2.98. The Morgan fingerprint density at radius 3 is 2.26 bits per heavy atom. The number of hydrogen-bond donors (Lipinski definition) is 0. The molecule has 0 amide bonds. The summed E-state index contributed by atoms with van der Waals surface area (Å²) in [5.74, 6) is 1.13. The minimum absolute atomic E-state index is 0.109. The summed E-state index contributed by atoms with van der Waals surface area (Å²) in [7, 11) is -0.777. The van der Waals surface area contributed by atoms with Crippen LogP contribution in [-0.4, -0.2) is 20.9 Å². The van der Waals surface area contributed by atoms with E-state index in [9.17, 15) is 4.79 Å². The first-order valence-corrected chi connectivity index (χ1v) is 10.2. The predicted octanol–water partition coefficient (Wildman–Crippen LogP) is 4.60. The van der Waals surface area contributed by atoms with Crippen LogP contribution in [0.3, 0.4) is 0 Å². The van der Waals surface area contributed by atoms with Crippen molar-refractivity contribution in [1.29, 1.82) is 0 Å². The van der Waals surface area contributed by atoms with Crippen molar-refractivity contribution < 1.29 is 9.22 Å². The molecule has 2 atom stereocenters. The van der Waals surface area contributed by atoms with E-state index in [0.717, 1.165) is 31.6 Å². The molecular formula is C16H31O2Si. The van der Waals surface area contributed by atoms with Gasteiger partial charge < -0.3 is 4.43 Å². The quantitative estimate of drug-likeness (QED) is 0.692. The van der Waals surface area contributed by atoms with Gasteiger partial charge >= 0.3 is 0 Å². The van der Waals surface area contributed by atoms with Crippen LogP contribution in [0.4, 0.5) is 0 Å². The fraction of sp³-hybridized carbons (Fsp3) is 0.938. The largest absolute Gasteiger partial charge is 0.407 e. The highest BCUT2D eigenvalue weighted by atomic mass is 28.3. The van der Waals surface area contributed by atoms with Crippen LogP contribution in [0.1, 0.15) is 65.7 Å². The molecule has 0 aromatic carbocycles. The number of rotatable bonds is 2. The van der Waals surface area contributed by atoms with Crippen LogP contribution in [0.15, 0.2) is 0 Å². The second-order valence-corrected chi connectivity index (χ2v) is 9.27. The highest BCUT2D eigenvalue weighted by Crippen LogP contribution is 2.35. The minimum atomic E-state index is -0.777. The Bertz CT molecular complexity index is 281. The van der Waals surface area contributed by atoms with Crippen LogP contribution in [0.2, 0.25) is 13.1 Å². The molecule has 1 aliphatic carbocycles. The molecule has 1 rings (SSSR count). The summed E-state index contributed by atoms with van der Waals surface area (Å²) in [4.78, 5) is 12.1. The molecule has 2 nitrogen and oxygen atoms in total. The molecule has 0 spiro atoms. The summed E-state index contributed by atoms with van der Waals surface area (Å²) in [6.45, 7) is 11.3. The Morgan fingerprint density at radius 2 is 1.68 bits per heavy atom. The summed E-state index contributed by atoms with van der Waals surface area (Å²) in [5.41, 5.74) is 0.393. The lowest BCUT2D eigenvalue weighted by Gasteiger charge is -2.32. The van der Waals surface area contributed by atoms with Crippen molar-refractivity contribution in [3.05, 3.63) is 0 Å². The summed E-state index contributed by atoms with van der Waals surface area (Å²) in [5, 5.41) is 0. The van der Waals surface area contributed by atoms with Gasteiger partial charge in [0.2, 0.25) is 9.04 Å². The lowest BCUT2D eigenvalue weighted by Crippen LogP contribution is -2.30. The van der Waals surface area contributed by atoms with Gasteiger partial charge in [-0.15, -0.1) is 0 Å². The molecule has 3 heteroatoms. The van der Waals surface area contributed by atoms with E-state index in [1.807, 2.05) is 0 Å². The first-order chi connectivity index (χ1) is 8.80. The van der Waals surface area contributed by atoms with Crippen molar-refractivity contribution >= 4 is 14.8 Å². The van der Waals surface area contributed by atoms with Gasteiger partial charge in [-0.25, -0.2) is 0 Å². The molecular weight excluding hydrogens is 252 g/mol. The average molecular weight is 284 g/mol. The molecule has 0 heterocycles. The summed E-state index contributed by atoms with van der Waals surface area (Å²) in [6, 6.07) is 0. The summed E-state index contributed by atoms with van der Waals surface area (Å²) < 4.78 is 5.91. The van der Waals surface area contributed by atoms with Crippen LogP contribution in [0.25, 0.3) is 0 Å². The summed E-state index contributed by atoms with van der Waals surface area (Å²) in [6.07, 6.45) is 7.43. The Balaban J connectivity index is 2.60. The van der Waals surface area contributed by atoms with Crippen molar-refractivity contribution in [1.82, 2.24) is 0 Å². The van der Waals surface area contributed by atoms with E-state index >= 15 is 0 Å². The van der Waals surface area contributed by atoms with Gasteiger partial charge in [0.1, 0.15) is 6.10 Å². The number of hydrogen-bond acceptors (Lipinski definition) is 2. The SMILES string of the molecule is C[Si](C)OC1CCCC(C(C)(C)C)CCCCC1=O. The number of carbonyl (C=O) groups is 1. The molecule has 1 aliphatic rings. The third-order valence-electron chi connectivity index (χ3n) is 4.21. The van der Waals surface area contributed by atoms with Crippen LogP contribution in [0.5, 0.6) is 0 Å². The van der Waals surface area contributed by atoms with Crippen molar-refractivity contribution in [3.8, 4) is 0 Å². The Morgan fingerprint density at radius 1 is 1.05 bits per heavy atom. The maximum absolute atomic E-state index is 12.1. The van der Waals surface area contributed by atoms with E-state index < -0.39 is 9.04 Å². The third kappa shape index (κ3) is 6.22. The first kappa shape index (κ1) is 16.9. The Kier molecular flexibility index (Phi) is 6.74. The van der Waals surface area contributed by atoms with Crippen molar-refractivity contribution in [3.63, 3.8) is 0 Å². The monoisotopic (exact) mass is 283 g/mol. The van der Waals surface area contributed by atoms with Gasteiger partial charge in [-0.1, -0.05) is 33.6 Å². The highest BCUT2D eigenvalue weighted by Gasteiger charge is 2.27. The summed E-state index contributed by atoms with van der Waals surface area (Å²) >= 11 is 0. The lowest BCUT2D eigenvalue weighted by molar-refractivity contribution is -0.126. The molecule has 0 aromatic rings. The van der Waals surface area contributed by atoms with E-state index in [1.165, 1.54) is 19.3 Å². The molecule has 0 bridgehead atoms. The molecule has 0 aromatic heterocycles. The maximum Gasteiger partial charge on any atom is 0.206 e. The van der Waals surface area contributed by atoms with E-state index in [4.69, 9.17) is 4.43 Å². The standard InChI is InChI=1S/C16H31O2Si/c1-16(2,3)13-9-6-7-11-14(17)15(12-8-10-13)18-19(4)5/h13,15H,6-12H2,1-5H3. The van der Waals surface area contributed by atoms with E-state index in [1.54, 1.807) is 0 Å². The van der Waals surface area contributed by atoms with Gasteiger partial charge in [0.05, 0.1) is 0 Å². The van der Waals surface area contributed by atoms with Gasteiger partial charge in [-0.3, -0.25) is 4.79 Å². The van der Waals surface area contributed by atoms with Gasteiger partial charge in [-0.05, 0) is 50.1 Å². The Hall–Kier alpha value is -0.153. The smallest absolute Gasteiger partial charge is 0.206 e. The molecule has 0 aliphatic heterocycles. The number of ketones is 1.